The number of halogens is 1. The summed E-state index contributed by atoms with van der Waals surface area (Å²) in [4.78, 5) is 10.5. The lowest BCUT2D eigenvalue weighted by atomic mass is 9.94. The van der Waals surface area contributed by atoms with Crippen molar-refractivity contribution < 1.29 is 8.91 Å². The number of hydrogen-bond acceptors (Lipinski definition) is 5. The second kappa shape index (κ2) is 5.43. The van der Waals surface area contributed by atoms with E-state index in [4.69, 9.17) is 4.52 Å². The Labute approximate surface area is 128 Å². The molecule has 2 aliphatic rings. The summed E-state index contributed by atoms with van der Waals surface area (Å²) < 4.78 is 20.5. The maximum atomic E-state index is 15.3. The summed E-state index contributed by atoms with van der Waals surface area (Å²) in [6.07, 6.45) is 6.99. The Morgan fingerprint density at radius 3 is 3.09 bits per heavy atom. The average molecular weight is 302 g/mol. The molecule has 6 heteroatoms. The lowest BCUT2D eigenvalue weighted by Crippen LogP contribution is -2.43. The van der Waals surface area contributed by atoms with E-state index < -0.39 is 5.67 Å². The van der Waals surface area contributed by atoms with E-state index in [0.29, 0.717) is 31.3 Å². The van der Waals surface area contributed by atoms with Gasteiger partial charge < -0.3 is 4.52 Å². The molecule has 22 heavy (non-hydrogen) atoms. The number of rotatable bonds is 4. The van der Waals surface area contributed by atoms with E-state index in [0.717, 1.165) is 31.4 Å². The molecular weight excluding hydrogens is 283 g/mol. The van der Waals surface area contributed by atoms with Crippen molar-refractivity contribution in [1.29, 1.82) is 0 Å². The molecule has 0 bridgehead atoms. The second-order valence-electron chi connectivity index (χ2n) is 6.37. The minimum Gasteiger partial charge on any atom is -0.336 e. The minimum atomic E-state index is -1.53. The SMILES string of the molecule is FC1(c2nc(C3CC3)no2)CCCN(Cc2cccnc2)C1. The molecule has 2 aromatic rings. The van der Waals surface area contributed by atoms with Crippen LogP contribution >= 0.6 is 0 Å². The molecular formula is C16H19FN4O. The standard InChI is InChI=1S/C16H19FN4O/c17-16(15-19-14(20-22-15)13-4-5-13)6-2-8-21(11-16)10-12-3-1-7-18-9-12/h1,3,7,9,13H,2,4-6,8,10-11H2. The Balaban J connectivity index is 1.48. The number of aromatic nitrogens is 3. The first-order valence-electron chi connectivity index (χ1n) is 7.87. The van der Waals surface area contributed by atoms with Gasteiger partial charge in [-0.1, -0.05) is 11.2 Å². The van der Waals surface area contributed by atoms with Crippen molar-refractivity contribution in [2.75, 3.05) is 13.1 Å². The first-order chi connectivity index (χ1) is 10.7. The maximum Gasteiger partial charge on any atom is 0.265 e. The molecule has 0 spiro atoms. The molecule has 116 valence electrons. The molecule has 0 radical (unpaired) electrons. The van der Waals surface area contributed by atoms with Crippen molar-refractivity contribution in [3.8, 4) is 0 Å². The van der Waals surface area contributed by atoms with Crippen LogP contribution in [0.25, 0.3) is 0 Å². The van der Waals surface area contributed by atoms with Crippen molar-refractivity contribution >= 4 is 0 Å². The van der Waals surface area contributed by atoms with Gasteiger partial charge in [-0.2, -0.15) is 4.98 Å². The first-order valence-corrected chi connectivity index (χ1v) is 7.87. The highest BCUT2D eigenvalue weighted by Crippen LogP contribution is 2.41. The molecule has 1 unspecified atom stereocenters. The molecule has 1 aliphatic heterocycles. The quantitative estimate of drug-likeness (QED) is 0.869. The Kier molecular flexibility index (Phi) is 3.41. The van der Waals surface area contributed by atoms with Crippen molar-refractivity contribution in [3.63, 3.8) is 0 Å². The first kappa shape index (κ1) is 13.8. The summed E-state index contributed by atoms with van der Waals surface area (Å²) in [6, 6.07) is 3.92. The van der Waals surface area contributed by atoms with Gasteiger partial charge >= 0.3 is 0 Å². The van der Waals surface area contributed by atoms with Gasteiger partial charge in [-0.05, 0) is 43.9 Å². The van der Waals surface area contributed by atoms with Crippen LogP contribution in [0.2, 0.25) is 0 Å². The molecule has 0 amide bonds. The fourth-order valence-electron chi connectivity index (χ4n) is 3.08. The van der Waals surface area contributed by atoms with Crippen LogP contribution in [-0.2, 0) is 12.2 Å². The predicted octanol–water partition coefficient (Wildman–Crippen LogP) is 2.80. The fraction of sp³-hybridized carbons (Fsp3) is 0.562. The van der Waals surface area contributed by atoms with Crippen LogP contribution in [-0.4, -0.2) is 33.1 Å². The van der Waals surface area contributed by atoms with Gasteiger partial charge in [0.05, 0.1) is 0 Å². The third kappa shape index (κ3) is 2.75. The van der Waals surface area contributed by atoms with Crippen LogP contribution in [0.5, 0.6) is 0 Å². The van der Waals surface area contributed by atoms with Gasteiger partial charge in [0.1, 0.15) is 0 Å². The highest BCUT2D eigenvalue weighted by Gasteiger charge is 2.43. The second-order valence-corrected chi connectivity index (χ2v) is 6.37. The number of piperidine rings is 1. The summed E-state index contributed by atoms with van der Waals surface area (Å²) in [5.74, 6) is 1.22. The van der Waals surface area contributed by atoms with Crippen LogP contribution < -0.4 is 0 Å². The minimum absolute atomic E-state index is 0.158. The Morgan fingerprint density at radius 2 is 2.32 bits per heavy atom. The zero-order valence-corrected chi connectivity index (χ0v) is 12.4. The molecule has 4 rings (SSSR count). The molecule has 5 nitrogen and oxygen atoms in total. The molecule has 3 heterocycles. The molecule has 1 saturated heterocycles. The number of alkyl halides is 1. The third-order valence-corrected chi connectivity index (χ3v) is 4.42. The van der Waals surface area contributed by atoms with Crippen molar-refractivity contribution in [3.05, 3.63) is 41.8 Å². The number of pyridine rings is 1. The lowest BCUT2D eigenvalue weighted by Gasteiger charge is -2.35. The monoisotopic (exact) mass is 302 g/mol. The Bertz CT molecular complexity index is 643. The van der Waals surface area contributed by atoms with E-state index in [1.807, 2.05) is 18.3 Å². The lowest BCUT2D eigenvalue weighted by molar-refractivity contribution is 0.0124. The van der Waals surface area contributed by atoms with Crippen molar-refractivity contribution in [2.45, 2.75) is 43.8 Å². The highest BCUT2D eigenvalue weighted by atomic mass is 19.1. The van der Waals surface area contributed by atoms with Crippen LogP contribution in [0.15, 0.2) is 29.0 Å². The summed E-state index contributed by atoms with van der Waals surface area (Å²) in [5.41, 5.74) is -0.434. The zero-order valence-electron chi connectivity index (χ0n) is 12.4. The number of likely N-dealkylation sites (tertiary alicyclic amines) is 1. The normalized spacial score (nSPS) is 26.2. The van der Waals surface area contributed by atoms with E-state index in [1.54, 1.807) is 6.20 Å². The Morgan fingerprint density at radius 1 is 1.41 bits per heavy atom. The molecule has 1 saturated carbocycles. The van der Waals surface area contributed by atoms with E-state index >= 15 is 4.39 Å². The van der Waals surface area contributed by atoms with E-state index in [1.165, 1.54) is 0 Å². The predicted molar refractivity (Wildman–Crippen MR) is 77.8 cm³/mol. The van der Waals surface area contributed by atoms with E-state index in [9.17, 15) is 0 Å². The molecule has 1 aliphatic carbocycles. The molecule has 1 atom stereocenters. The van der Waals surface area contributed by atoms with Gasteiger partial charge in [0.15, 0.2) is 5.82 Å². The Hall–Kier alpha value is -1.82. The maximum absolute atomic E-state index is 15.3. The van der Waals surface area contributed by atoms with Crippen LogP contribution in [0, 0.1) is 0 Å². The fourth-order valence-corrected chi connectivity index (χ4v) is 3.08. The van der Waals surface area contributed by atoms with E-state index in [-0.39, 0.29) is 5.89 Å². The smallest absolute Gasteiger partial charge is 0.265 e. The van der Waals surface area contributed by atoms with Crippen molar-refractivity contribution in [1.82, 2.24) is 20.0 Å². The summed E-state index contributed by atoms with van der Waals surface area (Å²) in [5, 5.41) is 3.95. The molecule has 0 N–H and O–H groups in total. The molecule has 0 aromatic carbocycles. The van der Waals surface area contributed by atoms with E-state index in [2.05, 4.69) is 20.0 Å². The topological polar surface area (TPSA) is 55.1 Å². The largest absolute Gasteiger partial charge is 0.336 e. The highest BCUT2D eigenvalue weighted by molar-refractivity contribution is 5.11. The van der Waals surface area contributed by atoms with Crippen LogP contribution in [0.3, 0.4) is 0 Å². The average Bonchev–Trinajstić information content (AvgIpc) is 3.25. The summed E-state index contributed by atoms with van der Waals surface area (Å²) in [7, 11) is 0. The van der Waals surface area contributed by atoms with Crippen molar-refractivity contribution in [2.24, 2.45) is 0 Å². The molecule has 2 fully saturated rings. The molecule has 2 aromatic heterocycles. The van der Waals surface area contributed by atoms with Gasteiger partial charge in [0.25, 0.3) is 5.89 Å². The summed E-state index contributed by atoms with van der Waals surface area (Å²) >= 11 is 0. The van der Waals surface area contributed by atoms with Gasteiger partial charge in [-0.3, -0.25) is 9.88 Å². The van der Waals surface area contributed by atoms with Gasteiger partial charge in [-0.25, -0.2) is 4.39 Å². The zero-order chi connectivity index (χ0) is 15.0. The van der Waals surface area contributed by atoms with Gasteiger partial charge in [-0.15, -0.1) is 0 Å². The third-order valence-electron chi connectivity index (χ3n) is 4.42. The number of nitrogens with zero attached hydrogens (tertiary/aromatic N) is 4. The van der Waals surface area contributed by atoms with Gasteiger partial charge in [0.2, 0.25) is 5.67 Å². The summed E-state index contributed by atoms with van der Waals surface area (Å²) in [6.45, 7) is 1.88. The van der Waals surface area contributed by atoms with Crippen LogP contribution in [0.4, 0.5) is 4.39 Å². The van der Waals surface area contributed by atoms with Crippen LogP contribution in [0.1, 0.15) is 48.9 Å². The van der Waals surface area contributed by atoms with Gasteiger partial charge in [0, 0.05) is 31.4 Å². The number of hydrogen-bond donors (Lipinski definition) is 0.